The largest absolute Gasteiger partial charge is 0.269 e. The van der Waals surface area contributed by atoms with Crippen molar-refractivity contribution in [3.8, 4) is 0 Å². The zero-order valence-corrected chi connectivity index (χ0v) is 11.4. The van der Waals surface area contributed by atoms with Gasteiger partial charge in [-0.1, -0.05) is 12.1 Å². The molecule has 0 aromatic heterocycles. The Hall–Kier alpha value is -1.73. The third-order valence-corrected chi connectivity index (χ3v) is 5.77. The van der Waals surface area contributed by atoms with Crippen LogP contribution in [-0.4, -0.2) is 30.2 Å². The van der Waals surface area contributed by atoms with Crippen LogP contribution < -0.4 is 0 Å². The molecule has 20 heavy (non-hydrogen) atoms. The molecular weight excluding hydrogens is 280 g/mol. The topological polar surface area (TPSA) is 80.5 Å². The highest BCUT2D eigenvalue weighted by Gasteiger charge is 2.41. The molecule has 0 unspecified atom stereocenters. The monoisotopic (exact) mass is 295 g/mol. The SMILES string of the molecule is [2H]C1=C[C@@H]2[C@@H](CCN2S(=O)(=O)c2ccc([N+](=O)[O-])cc2)C1. The normalized spacial score (nSPS) is 27.0. The number of fused-ring (bicyclic) bond motifs is 1. The van der Waals surface area contributed by atoms with E-state index >= 15 is 0 Å². The molecular formula is C13H14N2O4S. The van der Waals surface area contributed by atoms with E-state index in [1.54, 1.807) is 6.08 Å². The zero-order valence-electron chi connectivity index (χ0n) is 11.6. The van der Waals surface area contributed by atoms with Crippen molar-refractivity contribution in [1.29, 1.82) is 0 Å². The van der Waals surface area contributed by atoms with Crippen LogP contribution in [0.3, 0.4) is 0 Å². The molecule has 3 rings (SSSR count). The van der Waals surface area contributed by atoms with Gasteiger partial charge in [-0.3, -0.25) is 10.1 Å². The highest BCUT2D eigenvalue weighted by Crippen LogP contribution is 2.36. The summed E-state index contributed by atoms with van der Waals surface area (Å²) in [5.41, 5.74) is -0.137. The van der Waals surface area contributed by atoms with Crippen LogP contribution in [0.5, 0.6) is 0 Å². The molecule has 106 valence electrons. The van der Waals surface area contributed by atoms with Crippen molar-refractivity contribution in [3.63, 3.8) is 0 Å². The summed E-state index contributed by atoms with van der Waals surface area (Å²) >= 11 is 0. The smallest absolute Gasteiger partial charge is 0.258 e. The Bertz CT molecular complexity index is 714. The molecule has 0 amide bonds. The number of nitro benzene ring substituents is 1. The molecule has 0 saturated carbocycles. The van der Waals surface area contributed by atoms with Crippen LogP contribution in [0.15, 0.2) is 41.3 Å². The van der Waals surface area contributed by atoms with Crippen LogP contribution in [0.1, 0.15) is 14.2 Å². The van der Waals surface area contributed by atoms with Gasteiger partial charge in [0.25, 0.3) is 5.69 Å². The van der Waals surface area contributed by atoms with Crippen molar-refractivity contribution in [2.45, 2.75) is 23.8 Å². The molecule has 2 aliphatic rings. The highest BCUT2D eigenvalue weighted by molar-refractivity contribution is 7.89. The molecule has 0 N–H and O–H groups in total. The molecule has 1 aliphatic carbocycles. The number of nitrogens with zero attached hydrogens (tertiary/aromatic N) is 2. The maximum absolute atomic E-state index is 12.6. The summed E-state index contributed by atoms with van der Waals surface area (Å²) in [7, 11) is -3.68. The first-order chi connectivity index (χ1) is 9.89. The summed E-state index contributed by atoms with van der Waals surface area (Å²) in [6.07, 6.45) is 3.06. The van der Waals surface area contributed by atoms with Gasteiger partial charge in [0.05, 0.1) is 11.2 Å². The van der Waals surface area contributed by atoms with Crippen molar-refractivity contribution in [3.05, 3.63) is 46.5 Å². The molecule has 0 radical (unpaired) electrons. The minimum atomic E-state index is -3.68. The van der Waals surface area contributed by atoms with E-state index in [1.165, 1.54) is 28.6 Å². The molecule has 0 spiro atoms. The van der Waals surface area contributed by atoms with Crippen LogP contribution in [0.4, 0.5) is 5.69 Å². The van der Waals surface area contributed by atoms with Gasteiger partial charge in [-0.05, 0) is 30.9 Å². The minimum Gasteiger partial charge on any atom is -0.258 e. The van der Waals surface area contributed by atoms with Crippen LogP contribution in [0, 0.1) is 16.0 Å². The quantitative estimate of drug-likeness (QED) is 0.485. The summed E-state index contributed by atoms with van der Waals surface area (Å²) in [6, 6.07) is 5.15. The predicted octanol–water partition coefficient (Wildman–Crippen LogP) is 1.93. The Morgan fingerprint density at radius 1 is 1.35 bits per heavy atom. The van der Waals surface area contributed by atoms with Crippen LogP contribution in [0.25, 0.3) is 0 Å². The average Bonchev–Trinajstić information content (AvgIpc) is 2.97. The number of rotatable bonds is 3. The van der Waals surface area contributed by atoms with Crippen LogP contribution >= 0.6 is 0 Å². The van der Waals surface area contributed by atoms with Crippen molar-refractivity contribution >= 4 is 15.7 Å². The van der Waals surface area contributed by atoms with Gasteiger partial charge >= 0.3 is 0 Å². The molecule has 0 bridgehead atoms. The van der Waals surface area contributed by atoms with E-state index in [9.17, 15) is 18.5 Å². The van der Waals surface area contributed by atoms with Gasteiger partial charge in [-0.15, -0.1) is 0 Å². The van der Waals surface area contributed by atoms with E-state index in [1.807, 2.05) is 0 Å². The number of hydrogen-bond acceptors (Lipinski definition) is 4. The standard InChI is InChI=1S/C13H14N2O4S/c16-15(17)11-4-6-12(7-5-11)20(18,19)14-9-8-10-2-1-3-13(10)14/h1,3-7,10,13H,2,8-9H2/t10-,13-/m1/s1/i1D. The highest BCUT2D eigenvalue weighted by atomic mass is 32.2. The van der Waals surface area contributed by atoms with E-state index in [-0.39, 0.29) is 22.5 Å². The fraction of sp³-hybridized carbons (Fsp3) is 0.385. The summed E-state index contributed by atoms with van der Waals surface area (Å²) in [6.45, 7) is 0.429. The molecule has 1 aliphatic heterocycles. The lowest BCUT2D eigenvalue weighted by Gasteiger charge is -2.22. The Labute approximate surface area is 118 Å². The number of benzene rings is 1. The van der Waals surface area contributed by atoms with E-state index in [2.05, 4.69) is 0 Å². The number of sulfonamides is 1. The lowest BCUT2D eigenvalue weighted by molar-refractivity contribution is -0.384. The van der Waals surface area contributed by atoms with Crippen molar-refractivity contribution in [2.75, 3.05) is 6.54 Å². The van der Waals surface area contributed by atoms with E-state index in [4.69, 9.17) is 1.37 Å². The summed E-state index contributed by atoms with van der Waals surface area (Å²) in [4.78, 5) is 10.1. The van der Waals surface area contributed by atoms with Crippen molar-refractivity contribution in [1.82, 2.24) is 4.31 Å². The van der Waals surface area contributed by atoms with Gasteiger partial charge in [0.1, 0.15) is 0 Å². The van der Waals surface area contributed by atoms with Crippen LogP contribution in [0.2, 0.25) is 0 Å². The molecule has 1 aromatic carbocycles. The second kappa shape index (κ2) is 4.68. The van der Waals surface area contributed by atoms with Gasteiger partial charge < -0.3 is 0 Å². The summed E-state index contributed by atoms with van der Waals surface area (Å²) in [5, 5.41) is 10.6. The number of allylic oxidation sites excluding steroid dienone is 1. The lowest BCUT2D eigenvalue weighted by Crippen LogP contribution is -2.35. The minimum absolute atomic E-state index is 0.0561. The van der Waals surface area contributed by atoms with Gasteiger partial charge in [-0.2, -0.15) is 4.31 Å². The first-order valence-corrected chi connectivity index (χ1v) is 7.77. The van der Waals surface area contributed by atoms with E-state index in [0.717, 1.165) is 6.42 Å². The molecule has 1 fully saturated rings. The fourth-order valence-corrected chi connectivity index (χ4v) is 4.44. The summed E-state index contributed by atoms with van der Waals surface area (Å²) < 4.78 is 34.3. The van der Waals surface area contributed by atoms with Gasteiger partial charge in [-0.25, -0.2) is 8.42 Å². The third kappa shape index (κ3) is 2.03. The maximum atomic E-state index is 12.6. The van der Waals surface area contributed by atoms with Gasteiger partial charge in [0.2, 0.25) is 10.0 Å². The first-order valence-electron chi connectivity index (χ1n) is 6.83. The van der Waals surface area contributed by atoms with E-state index in [0.29, 0.717) is 19.0 Å². The number of hydrogen-bond donors (Lipinski definition) is 0. The second-order valence-electron chi connectivity index (χ2n) is 4.98. The summed E-state index contributed by atoms with van der Waals surface area (Å²) in [5.74, 6) is 0.185. The number of nitro groups is 1. The molecule has 7 heteroatoms. The fourth-order valence-electron chi connectivity index (χ4n) is 2.79. The van der Waals surface area contributed by atoms with Crippen molar-refractivity contribution in [2.24, 2.45) is 5.92 Å². The Kier molecular flexibility index (Phi) is 2.82. The van der Waals surface area contributed by atoms with Gasteiger partial charge in [0.15, 0.2) is 0 Å². The first kappa shape index (κ1) is 12.0. The molecule has 6 nitrogen and oxygen atoms in total. The Balaban J connectivity index is 1.92. The maximum Gasteiger partial charge on any atom is 0.269 e. The third-order valence-electron chi connectivity index (χ3n) is 3.86. The molecule has 1 heterocycles. The molecule has 2 atom stereocenters. The predicted molar refractivity (Wildman–Crippen MR) is 72.6 cm³/mol. The average molecular weight is 295 g/mol. The van der Waals surface area contributed by atoms with Gasteiger partial charge in [0, 0.05) is 24.7 Å². The Morgan fingerprint density at radius 3 is 2.70 bits per heavy atom. The molecule has 1 aromatic rings. The van der Waals surface area contributed by atoms with Crippen molar-refractivity contribution < 1.29 is 14.7 Å². The van der Waals surface area contributed by atoms with E-state index < -0.39 is 14.9 Å². The lowest BCUT2D eigenvalue weighted by atomic mass is 10.0. The molecule has 1 saturated heterocycles. The number of non-ortho nitro benzene ring substituents is 1. The second-order valence-corrected chi connectivity index (χ2v) is 6.87. The Morgan fingerprint density at radius 2 is 2.05 bits per heavy atom. The zero-order chi connectivity index (χ0) is 15.2. The van der Waals surface area contributed by atoms with Crippen LogP contribution in [-0.2, 0) is 10.0 Å².